The normalized spacial score (nSPS) is 12.4. The Balaban J connectivity index is 2.67. The lowest BCUT2D eigenvalue weighted by Gasteiger charge is -2.14. The van der Waals surface area contributed by atoms with Crippen molar-refractivity contribution in [2.24, 2.45) is 0 Å². The molecule has 0 saturated heterocycles. The first-order valence-electron chi connectivity index (χ1n) is 5.37. The van der Waals surface area contributed by atoms with Gasteiger partial charge in [0.05, 0.1) is 17.6 Å². The van der Waals surface area contributed by atoms with Crippen molar-refractivity contribution in [1.29, 1.82) is 0 Å². The number of fused-ring (bicyclic) bond motifs is 1. The topological polar surface area (TPSA) is 59.4 Å². The lowest BCUT2D eigenvalue weighted by atomic mass is 10.0. The van der Waals surface area contributed by atoms with Gasteiger partial charge < -0.3 is 9.84 Å². The Morgan fingerprint density at radius 3 is 2.78 bits per heavy atom. The van der Waals surface area contributed by atoms with Gasteiger partial charge in [0.15, 0.2) is 6.10 Å². The van der Waals surface area contributed by atoms with E-state index in [2.05, 4.69) is 9.72 Å². The zero-order chi connectivity index (χ0) is 13.3. The molecule has 2 rings (SSSR count). The third-order valence-corrected chi connectivity index (χ3v) is 3.16. The van der Waals surface area contributed by atoms with Crippen LogP contribution >= 0.6 is 11.6 Å². The minimum absolute atomic E-state index is 0.294. The number of hydrogen-bond acceptors (Lipinski definition) is 4. The Morgan fingerprint density at radius 1 is 1.44 bits per heavy atom. The summed E-state index contributed by atoms with van der Waals surface area (Å²) in [6.07, 6.45) is -1.42. The lowest BCUT2D eigenvalue weighted by Crippen LogP contribution is -2.16. The molecule has 18 heavy (non-hydrogen) atoms. The van der Waals surface area contributed by atoms with Crippen LogP contribution in [0.4, 0.5) is 0 Å². The zero-order valence-corrected chi connectivity index (χ0v) is 10.7. The van der Waals surface area contributed by atoms with Gasteiger partial charge in [-0.25, -0.2) is 4.79 Å². The number of benzene rings is 1. The number of nitrogens with zero attached hydrogens (tertiary/aromatic N) is 1. The van der Waals surface area contributed by atoms with Gasteiger partial charge in [-0.05, 0) is 13.0 Å². The Morgan fingerprint density at radius 2 is 2.11 bits per heavy atom. The van der Waals surface area contributed by atoms with Crippen LogP contribution in [0.3, 0.4) is 0 Å². The number of aromatic nitrogens is 1. The molecule has 2 aromatic rings. The lowest BCUT2D eigenvalue weighted by molar-refractivity contribution is -0.150. The summed E-state index contributed by atoms with van der Waals surface area (Å²) in [6, 6.07) is 7.28. The predicted octanol–water partition coefficient (Wildman–Crippen LogP) is 2.40. The SMILES string of the molecule is COC(=O)[C@@H](O)c1c(C)nc2ccccc2c1Cl. The van der Waals surface area contributed by atoms with Crippen LogP contribution < -0.4 is 0 Å². The summed E-state index contributed by atoms with van der Waals surface area (Å²) < 4.78 is 4.51. The van der Waals surface area contributed by atoms with E-state index in [4.69, 9.17) is 11.6 Å². The summed E-state index contributed by atoms with van der Waals surface area (Å²) in [6.45, 7) is 1.69. The fourth-order valence-corrected chi connectivity index (χ4v) is 2.25. The molecule has 0 amide bonds. The molecule has 0 aliphatic carbocycles. The number of rotatable bonds is 2. The standard InChI is InChI=1S/C13H12ClNO3/c1-7-10(12(16)13(17)18-2)11(14)8-5-3-4-6-9(8)15-7/h3-6,12,16H,1-2H3/t12-/m0/s1. The number of aliphatic hydroxyl groups is 1. The van der Waals surface area contributed by atoms with E-state index in [9.17, 15) is 9.90 Å². The van der Waals surface area contributed by atoms with Gasteiger partial charge in [-0.15, -0.1) is 0 Å². The van der Waals surface area contributed by atoms with E-state index in [1.54, 1.807) is 13.0 Å². The van der Waals surface area contributed by atoms with Gasteiger partial charge in [-0.2, -0.15) is 0 Å². The van der Waals surface area contributed by atoms with Crippen molar-refractivity contribution in [2.45, 2.75) is 13.0 Å². The van der Waals surface area contributed by atoms with Crippen LogP contribution in [0.2, 0.25) is 5.02 Å². The molecule has 0 aliphatic heterocycles. The zero-order valence-electron chi connectivity index (χ0n) is 9.98. The minimum Gasteiger partial charge on any atom is -0.467 e. The van der Waals surface area contributed by atoms with Crippen LogP contribution in [-0.4, -0.2) is 23.2 Å². The van der Waals surface area contributed by atoms with Gasteiger partial charge in [-0.3, -0.25) is 4.98 Å². The number of halogens is 1. The van der Waals surface area contributed by atoms with E-state index in [1.807, 2.05) is 18.2 Å². The Hall–Kier alpha value is -1.65. The molecule has 4 nitrogen and oxygen atoms in total. The monoisotopic (exact) mass is 265 g/mol. The van der Waals surface area contributed by atoms with E-state index in [1.165, 1.54) is 7.11 Å². The van der Waals surface area contributed by atoms with Crippen LogP contribution in [-0.2, 0) is 9.53 Å². The molecule has 1 aromatic heterocycles. The van der Waals surface area contributed by atoms with Crippen LogP contribution in [0, 0.1) is 6.92 Å². The van der Waals surface area contributed by atoms with E-state index in [0.717, 1.165) is 5.52 Å². The van der Waals surface area contributed by atoms with Crippen LogP contribution in [0.1, 0.15) is 17.4 Å². The summed E-state index contributed by atoms with van der Waals surface area (Å²) >= 11 is 6.23. The molecule has 0 unspecified atom stereocenters. The summed E-state index contributed by atoms with van der Waals surface area (Å²) in [5, 5.41) is 10.9. The van der Waals surface area contributed by atoms with Crippen molar-refractivity contribution < 1.29 is 14.6 Å². The quantitative estimate of drug-likeness (QED) is 0.847. The Bertz CT molecular complexity index is 612. The summed E-state index contributed by atoms with van der Waals surface area (Å²) in [4.78, 5) is 15.7. The first-order chi connectivity index (χ1) is 8.56. The highest BCUT2D eigenvalue weighted by Gasteiger charge is 2.24. The Labute approximate surface area is 109 Å². The maximum atomic E-state index is 11.4. The average molecular weight is 266 g/mol. The molecule has 0 bridgehead atoms. The van der Waals surface area contributed by atoms with Gasteiger partial charge >= 0.3 is 5.97 Å². The van der Waals surface area contributed by atoms with Crippen molar-refractivity contribution in [3.8, 4) is 0 Å². The molecule has 1 N–H and O–H groups in total. The highest BCUT2D eigenvalue weighted by Crippen LogP contribution is 2.32. The minimum atomic E-state index is -1.42. The molecular formula is C13H12ClNO3. The fourth-order valence-electron chi connectivity index (χ4n) is 1.85. The highest BCUT2D eigenvalue weighted by molar-refractivity contribution is 6.36. The first kappa shape index (κ1) is 12.8. The largest absolute Gasteiger partial charge is 0.467 e. The molecule has 0 saturated carbocycles. The average Bonchev–Trinajstić information content (AvgIpc) is 2.37. The number of pyridine rings is 1. The number of para-hydroxylation sites is 1. The van der Waals surface area contributed by atoms with Gasteiger partial charge in [0.25, 0.3) is 0 Å². The molecule has 1 heterocycles. The molecule has 5 heteroatoms. The molecular weight excluding hydrogens is 254 g/mol. The van der Waals surface area contributed by atoms with Gasteiger partial charge in [0.1, 0.15) is 0 Å². The van der Waals surface area contributed by atoms with Gasteiger partial charge in [0.2, 0.25) is 0 Å². The van der Waals surface area contributed by atoms with E-state index >= 15 is 0 Å². The second-order valence-electron chi connectivity index (χ2n) is 3.87. The highest BCUT2D eigenvalue weighted by atomic mass is 35.5. The number of hydrogen-bond donors (Lipinski definition) is 1. The summed E-state index contributed by atoms with van der Waals surface area (Å²) in [5.41, 5.74) is 1.53. The third-order valence-electron chi connectivity index (χ3n) is 2.75. The smallest absolute Gasteiger partial charge is 0.339 e. The molecule has 0 spiro atoms. The number of aryl methyl sites for hydroxylation is 1. The van der Waals surface area contributed by atoms with Crippen molar-refractivity contribution >= 4 is 28.5 Å². The van der Waals surface area contributed by atoms with Crippen molar-refractivity contribution in [2.75, 3.05) is 7.11 Å². The number of methoxy groups -OCH3 is 1. The molecule has 94 valence electrons. The fraction of sp³-hybridized carbons (Fsp3) is 0.231. The Kier molecular flexibility index (Phi) is 3.50. The molecule has 0 aliphatic rings. The maximum Gasteiger partial charge on any atom is 0.339 e. The van der Waals surface area contributed by atoms with Crippen molar-refractivity contribution in [1.82, 2.24) is 4.98 Å². The van der Waals surface area contributed by atoms with Crippen LogP contribution in [0.15, 0.2) is 24.3 Å². The number of esters is 1. The van der Waals surface area contributed by atoms with Crippen LogP contribution in [0.25, 0.3) is 10.9 Å². The number of carbonyl (C=O) groups excluding carboxylic acids is 1. The summed E-state index contributed by atoms with van der Waals surface area (Å²) in [5.74, 6) is -0.753. The van der Waals surface area contributed by atoms with Crippen LogP contribution in [0.5, 0.6) is 0 Å². The third kappa shape index (κ3) is 2.05. The van der Waals surface area contributed by atoms with Gasteiger partial charge in [-0.1, -0.05) is 29.8 Å². The molecule has 1 aromatic carbocycles. The van der Waals surface area contributed by atoms with Gasteiger partial charge in [0, 0.05) is 16.6 Å². The van der Waals surface area contributed by atoms with Crippen molar-refractivity contribution in [3.63, 3.8) is 0 Å². The second-order valence-corrected chi connectivity index (χ2v) is 4.25. The van der Waals surface area contributed by atoms with E-state index in [-0.39, 0.29) is 0 Å². The second kappa shape index (κ2) is 4.92. The molecule has 0 radical (unpaired) electrons. The number of aliphatic hydroxyl groups excluding tert-OH is 1. The number of ether oxygens (including phenoxy) is 1. The van der Waals surface area contributed by atoms with E-state index in [0.29, 0.717) is 21.7 Å². The molecule has 0 fully saturated rings. The van der Waals surface area contributed by atoms with Crippen molar-refractivity contribution in [3.05, 3.63) is 40.5 Å². The predicted molar refractivity (Wildman–Crippen MR) is 68.5 cm³/mol. The first-order valence-corrected chi connectivity index (χ1v) is 5.74. The molecule has 1 atom stereocenters. The van der Waals surface area contributed by atoms with E-state index < -0.39 is 12.1 Å². The summed E-state index contributed by atoms with van der Waals surface area (Å²) in [7, 11) is 1.21. The number of carbonyl (C=O) groups is 1. The maximum absolute atomic E-state index is 11.4.